The summed E-state index contributed by atoms with van der Waals surface area (Å²) in [6.45, 7) is 23.7. The van der Waals surface area contributed by atoms with Gasteiger partial charge in [-0.2, -0.15) is 27.4 Å². The summed E-state index contributed by atoms with van der Waals surface area (Å²) in [6.07, 6.45) is 2.75. The minimum absolute atomic E-state index is 0. The molecule has 302 valence electrons. The van der Waals surface area contributed by atoms with Crippen molar-refractivity contribution in [1.29, 1.82) is 0 Å². The molecule has 0 aliphatic rings. The molecule has 7 rings (SSSR count). The minimum atomic E-state index is -3.05. The van der Waals surface area contributed by atoms with E-state index in [1.807, 2.05) is 0 Å². The van der Waals surface area contributed by atoms with E-state index in [0.717, 1.165) is 19.3 Å². The van der Waals surface area contributed by atoms with E-state index >= 15 is 0 Å². The van der Waals surface area contributed by atoms with Gasteiger partial charge < -0.3 is 37.2 Å². The smallest absolute Gasteiger partial charge is 1.00 e. The van der Waals surface area contributed by atoms with E-state index in [2.05, 4.69) is 197 Å². The Hall–Kier alpha value is -3.53. The van der Waals surface area contributed by atoms with Crippen molar-refractivity contribution in [3.05, 3.63) is 216 Å². The molecule has 7 aromatic rings. The summed E-state index contributed by atoms with van der Waals surface area (Å²) >= 11 is 0. The Balaban J connectivity index is 0.00000233. The fraction of sp³-hybridized carbons (Fsp3) is 0.241. The van der Waals surface area contributed by atoms with Crippen LogP contribution in [-0.4, -0.2) is 8.07 Å². The van der Waals surface area contributed by atoms with Gasteiger partial charge >= 0.3 is 21.7 Å². The fourth-order valence-electron chi connectivity index (χ4n) is 9.54. The van der Waals surface area contributed by atoms with Crippen molar-refractivity contribution >= 4 is 28.8 Å². The normalized spacial score (nSPS) is 10.9. The topological polar surface area (TPSA) is 0 Å². The van der Waals surface area contributed by atoms with E-state index in [4.69, 9.17) is 0 Å². The predicted octanol–water partition coefficient (Wildman–Crippen LogP) is 1.65. The first-order valence-corrected chi connectivity index (χ1v) is 22.1. The van der Waals surface area contributed by atoms with Crippen LogP contribution in [0, 0.1) is 69.2 Å². The van der Waals surface area contributed by atoms with Gasteiger partial charge in [-0.15, -0.1) is 0 Å². The van der Waals surface area contributed by atoms with Crippen molar-refractivity contribution in [3.63, 3.8) is 0 Å². The molecule has 59 heavy (non-hydrogen) atoms. The average molecular weight is 888 g/mol. The first-order chi connectivity index (χ1) is 26.4. The van der Waals surface area contributed by atoms with Gasteiger partial charge in [0.25, 0.3) is 0 Å². The molecule has 5 heteroatoms. The molecule has 0 saturated heterocycles. The summed E-state index contributed by atoms with van der Waals surface area (Å²) in [7, 11) is -3.05. The zero-order valence-corrected chi connectivity index (χ0v) is 41.2. The third kappa shape index (κ3) is 9.68. The quantitative estimate of drug-likeness (QED) is 0.112. The van der Waals surface area contributed by atoms with Crippen LogP contribution in [0.2, 0.25) is 0 Å². The Morgan fingerprint density at radius 2 is 0.678 bits per heavy atom. The molecule has 0 bridgehead atoms. The second-order valence-corrected chi connectivity index (χ2v) is 20.0. The summed E-state index contributed by atoms with van der Waals surface area (Å²) in [6, 6.07) is 48.6. The largest absolute Gasteiger partial charge is 4.00 e. The van der Waals surface area contributed by atoms with Gasteiger partial charge in [0.05, 0.1) is 0 Å². The zero-order valence-electron chi connectivity index (χ0n) is 36.4. The predicted molar refractivity (Wildman–Crippen MR) is 241 cm³/mol. The first-order valence-electron chi connectivity index (χ1n) is 20.1. The van der Waals surface area contributed by atoms with E-state index < -0.39 is 8.07 Å². The van der Waals surface area contributed by atoms with Crippen molar-refractivity contribution in [3.8, 4) is 0 Å². The molecule has 0 radical (unpaired) electrons. The third-order valence-electron chi connectivity index (χ3n) is 12.8. The van der Waals surface area contributed by atoms with Crippen LogP contribution < -0.4 is 58.0 Å². The van der Waals surface area contributed by atoms with Gasteiger partial charge in [-0.3, -0.25) is 0 Å². The average Bonchev–Trinajstić information content (AvgIpc) is 3.36. The molecule has 0 aliphatic carbocycles. The number of rotatable bonds is 10. The maximum Gasteiger partial charge on any atom is 4.00 e. The van der Waals surface area contributed by atoms with Crippen LogP contribution in [0.1, 0.15) is 89.0 Å². The van der Waals surface area contributed by atoms with Gasteiger partial charge in [0, 0.05) is 0 Å². The maximum atomic E-state index is 2.66. The number of hydrogen-bond donors (Lipinski definition) is 0. The van der Waals surface area contributed by atoms with Crippen LogP contribution in [0.15, 0.2) is 127 Å². The fourth-order valence-corrected chi connectivity index (χ4v) is 15.9. The molecule has 0 fully saturated rings. The Labute approximate surface area is 389 Å². The molecule has 0 amide bonds. The number of hydrogen-bond acceptors (Lipinski definition) is 0. The molecule has 0 N–H and O–H groups in total. The van der Waals surface area contributed by atoms with Gasteiger partial charge in [-0.1, -0.05) is 172 Å². The summed E-state index contributed by atoms with van der Waals surface area (Å²) in [5.41, 5.74) is 22.4. The van der Waals surface area contributed by atoms with Crippen LogP contribution >= 0.6 is 0 Å². The van der Waals surface area contributed by atoms with Gasteiger partial charge in [-0.25, -0.2) is 0 Å². The summed E-state index contributed by atoms with van der Waals surface area (Å²) in [5, 5.41) is 6.15. The molecular weight excluding hydrogens is 831 g/mol. The van der Waals surface area contributed by atoms with Gasteiger partial charge in [0.2, 0.25) is 0 Å². The van der Waals surface area contributed by atoms with E-state index in [-0.39, 0.29) is 58.9 Å². The first kappa shape index (κ1) is 49.8. The monoisotopic (exact) mass is 886 g/mol. The minimum Gasteiger partial charge on any atom is -1.00 e. The number of halogens is 3. The summed E-state index contributed by atoms with van der Waals surface area (Å²) in [4.78, 5) is 0. The molecule has 7 aromatic carbocycles. The molecule has 0 aliphatic heterocycles. The standard InChI is InChI=1S/C54H57Si.3ClH.Ti/c1-35-26-38(4)51(32-48(35)29-45-20-14-11-15-21-45)55(54-43(9)41(7)42(8)44(54)10,52-33-49(36(2)27-39(52)5)30-46-22-16-12-17-23-46)53-34-50(37(3)28-40(53)6)31-47-24-18-13-19-25-47;;;;/h11-28,32-34H,29-31H2,1-10H3;3*1H;/q-1;;;;+4/p-3. The van der Waals surface area contributed by atoms with Crippen LogP contribution in [0.4, 0.5) is 0 Å². The zero-order chi connectivity index (χ0) is 39.0. The Morgan fingerprint density at radius 3 is 0.932 bits per heavy atom. The Morgan fingerprint density at radius 1 is 0.390 bits per heavy atom. The molecular formula is C54H57Cl3SiTi. The van der Waals surface area contributed by atoms with Crippen molar-refractivity contribution in [2.45, 2.75) is 88.5 Å². The summed E-state index contributed by atoms with van der Waals surface area (Å²) in [5.74, 6) is 0. The summed E-state index contributed by atoms with van der Waals surface area (Å²) < 4.78 is 0. The van der Waals surface area contributed by atoms with E-state index in [1.54, 1.807) is 5.19 Å². The van der Waals surface area contributed by atoms with Crippen molar-refractivity contribution in [1.82, 2.24) is 0 Å². The Kier molecular flexibility index (Phi) is 17.6. The second kappa shape index (κ2) is 20.8. The van der Waals surface area contributed by atoms with Crippen molar-refractivity contribution in [2.24, 2.45) is 0 Å². The van der Waals surface area contributed by atoms with Crippen LogP contribution in [0.5, 0.6) is 0 Å². The number of aryl methyl sites for hydroxylation is 6. The molecule has 0 spiro atoms. The molecule has 0 nitrogen and oxygen atoms in total. The maximum absolute atomic E-state index is 3.05. The molecule has 0 saturated carbocycles. The molecule has 0 unspecified atom stereocenters. The van der Waals surface area contributed by atoms with Crippen LogP contribution in [0.3, 0.4) is 0 Å². The van der Waals surface area contributed by atoms with E-state index in [0.29, 0.717) is 0 Å². The molecule has 0 atom stereocenters. The number of benzene rings is 6. The van der Waals surface area contributed by atoms with Gasteiger partial charge in [0.1, 0.15) is 0 Å². The van der Waals surface area contributed by atoms with Crippen molar-refractivity contribution in [2.75, 3.05) is 0 Å². The van der Waals surface area contributed by atoms with Crippen LogP contribution in [0.25, 0.3) is 0 Å². The molecule has 0 heterocycles. The van der Waals surface area contributed by atoms with Gasteiger partial charge in [0.15, 0.2) is 8.07 Å². The van der Waals surface area contributed by atoms with Crippen molar-refractivity contribution < 1.29 is 58.9 Å². The second-order valence-electron chi connectivity index (χ2n) is 16.4. The van der Waals surface area contributed by atoms with Gasteiger partial charge in [-0.05, 0) is 126 Å². The SMILES string of the molecule is Cc1cc(C)c([Si](c2cc(Cc3ccccc3)c(C)cc2C)(c2cc(Cc3ccccc3)c(C)cc2C)c2c(C)c(C)c(C)[c-]2C)cc1Cc1ccccc1.[Cl-].[Cl-].[Cl-].[Ti+4]. The molecule has 0 aromatic heterocycles. The van der Waals surface area contributed by atoms with E-state index in [1.165, 1.54) is 105 Å². The Bertz CT molecular complexity index is 2240. The van der Waals surface area contributed by atoms with E-state index in [9.17, 15) is 0 Å². The van der Waals surface area contributed by atoms with Crippen LogP contribution in [-0.2, 0) is 41.0 Å². The third-order valence-corrected chi connectivity index (χ3v) is 18.3.